The number of hydrogen-bond acceptors (Lipinski definition) is 10. The molecular weight excluding hydrogens is 539 g/mol. The molecule has 0 spiro atoms. The van der Waals surface area contributed by atoms with Crippen molar-refractivity contribution in [2.24, 2.45) is 0 Å². The second kappa shape index (κ2) is 12.5. The highest BCUT2D eigenvalue weighted by Gasteiger charge is 2.56. The predicted molar refractivity (Wildman–Crippen MR) is 143 cm³/mol. The number of nitrogens with zero attached hydrogens (tertiary/aromatic N) is 2. The van der Waals surface area contributed by atoms with Crippen LogP contribution < -0.4 is 9.47 Å². The molecule has 0 amide bonds. The minimum Gasteiger partial charge on any atom is -0.497 e. The summed E-state index contributed by atoms with van der Waals surface area (Å²) in [5, 5.41) is 47.3. The number of aromatic nitrogens is 2. The molecule has 222 valence electrons. The Kier molecular flexibility index (Phi) is 9.30. The first kappa shape index (κ1) is 30.4. The molecule has 1 fully saturated rings. The summed E-state index contributed by atoms with van der Waals surface area (Å²) in [6.45, 7) is 4.92. The lowest BCUT2D eigenvalue weighted by atomic mass is 9.97. The fourth-order valence-electron chi connectivity index (χ4n) is 4.63. The number of methoxy groups -OCH3 is 1. The van der Waals surface area contributed by atoms with Gasteiger partial charge in [0.05, 0.1) is 13.5 Å². The van der Waals surface area contributed by atoms with E-state index in [-0.39, 0.29) is 30.3 Å². The monoisotopic (exact) mass is 574 g/mol. The van der Waals surface area contributed by atoms with Gasteiger partial charge in [-0.25, -0.2) is 4.39 Å². The highest BCUT2D eigenvalue weighted by molar-refractivity contribution is 5.72. The van der Waals surface area contributed by atoms with E-state index < -0.39 is 48.8 Å². The third-order valence-electron chi connectivity index (χ3n) is 6.94. The lowest BCUT2D eigenvalue weighted by Gasteiger charge is -2.44. The SMILES string of the molecule is COc1ccc(Cc2c(O[C@@]3(O)O[C@H](COC(=O)Cc4ccccc4)[C@@H](O)[C@H](O)[C@H]3O)nn(C(C)C)c2C)c(F)c1. The van der Waals surface area contributed by atoms with Crippen molar-refractivity contribution < 1.29 is 48.6 Å². The Labute approximate surface area is 236 Å². The average Bonchev–Trinajstić information content (AvgIpc) is 3.24. The molecule has 2 heterocycles. The largest absolute Gasteiger partial charge is 0.497 e. The number of halogens is 1. The number of aliphatic hydroxyl groups excluding tert-OH is 3. The average molecular weight is 575 g/mol. The summed E-state index contributed by atoms with van der Waals surface area (Å²) < 4.78 is 37.9. The van der Waals surface area contributed by atoms with Gasteiger partial charge >= 0.3 is 11.9 Å². The van der Waals surface area contributed by atoms with Crippen LogP contribution in [0.3, 0.4) is 0 Å². The summed E-state index contributed by atoms with van der Waals surface area (Å²) in [6, 6.07) is 13.1. The number of hydrogen-bond donors (Lipinski definition) is 4. The Bertz CT molecular complexity index is 1350. The molecule has 0 bridgehead atoms. The van der Waals surface area contributed by atoms with Crippen molar-refractivity contribution >= 4 is 5.97 Å². The predicted octanol–water partition coefficient (Wildman–Crippen LogP) is 1.80. The van der Waals surface area contributed by atoms with Crippen molar-refractivity contribution in [2.45, 2.75) is 70.0 Å². The normalized spacial score (nSPS) is 24.3. The second-order valence-electron chi connectivity index (χ2n) is 10.2. The number of benzene rings is 2. The topological polar surface area (TPSA) is 153 Å². The van der Waals surface area contributed by atoms with Gasteiger partial charge in [-0.15, -0.1) is 5.10 Å². The van der Waals surface area contributed by atoms with Crippen molar-refractivity contribution in [1.82, 2.24) is 9.78 Å². The Morgan fingerprint density at radius 3 is 2.49 bits per heavy atom. The maximum absolute atomic E-state index is 14.8. The van der Waals surface area contributed by atoms with Gasteiger partial charge in [-0.2, -0.15) is 0 Å². The van der Waals surface area contributed by atoms with E-state index in [9.17, 15) is 29.6 Å². The Balaban J connectivity index is 1.57. The molecule has 41 heavy (non-hydrogen) atoms. The third kappa shape index (κ3) is 6.68. The van der Waals surface area contributed by atoms with Crippen LogP contribution in [-0.2, 0) is 27.1 Å². The van der Waals surface area contributed by atoms with Gasteiger partial charge in [0.1, 0.15) is 36.5 Å². The molecule has 4 N–H and O–H groups in total. The first-order chi connectivity index (χ1) is 19.4. The molecule has 1 aliphatic heterocycles. The van der Waals surface area contributed by atoms with Gasteiger partial charge in [-0.3, -0.25) is 9.48 Å². The fraction of sp³-hybridized carbons (Fsp3) is 0.448. The van der Waals surface area contributed by atoms with Gasteiger partial charge in [-0.05, 0) is 38.0 Å². The number of carbonyl (C=O) groups excluding carboxylic acids is 1. The van der Waals surface area contributed by atoms with Crippen LogP contribution in [0.2, 0.25) is 0 Å². The molecule has 11 nitrogen and oxygen atoms in total. The number of aliphatic hydroxyl groups is 4. The van der Waals surface area contributed by atoms with E-state index in [1.807, 2.05) is 13.8 Å². The standard InChI is InChI=1S/C29H35FN2O9/c1-16(2)32-17(3)21(13-19-10-11-20(38-4)14-22(19)30)28(31-32)41-29(37)27(36)26(35)25(34)23(40-29)15-39-24(33)12-18-8-6-5-7-9-18/h5-11,14,16,23,25-27,34-37H,12-13,15H2,1-4H3/t23-,25-,26+,27-,29+/m1/s1. The quantitative estimate of drug-likeness (QED) is 0.208. The number of ether oxygens (including phenoxy) is 4. The zero-order valence-electron chi connectivity index (χ0n) is 23.2. The fourth-order valence-corrected chi connectivity index (χ4v) is 4.63. The molecule has 1 aromatic heterocycles. The number of rotatable bonds is 10. The van der Waals surface area contributed by atoms with Crippen molar-refractivity contribution in [3.05, 3.63) is 76.7 Å². The van der Waals surface area contributed by atoms with E-state index in [2.05, 4.69) is 5.10 Å². The summed E-state index contributed by atoms with van der Waals surface area (Å²) in [6.07, 6.45) is -7.30. The smallest absolute Gasteiger partial charge is 0.356 e. The molecule has 4 rings (SSSR count). The molecule has 12 heteroatoms. The Morgan fingerprint density at radius 1 is 1.15 bits per heavy atom. The van der Waals surface area contributed by atoms with Crippen LogP contribution in [0.1, 0.15) is 42.3 Å². The molecule has 0 saturated carbocycles. The molecule has 1 saturated heterocycles. The third-order valence-corrected chi connectivity index (χ3v) is 6.94. The van der Waals surface area contributed by atoms with Gasteiger partial charge in [-0.1, -0.05) is 36.4 Å². The Morgan fingerprint density at radius 2 is 1.85 bits per heavy atom. The zero-order chi connectivity index (χ0) is 29.9. The maximum atomic E-state index is 14.8. The summed E-state index contributed by atoms with van der Waals surface area (Å²) in [5.74, 6) is -3.90. The van der Waals surface area contributed by atoms with E-state index in [0.29, 0.717) is 22.6 Å². The minimum atomic E-state index is -2.90. The van der Waals surface area contributed by atoms with Gasteiger partial charge < -0.3 is 39.4 Å². The van der Waals surface area contributed by atoms with Crippen molar-refractivity contribution in [3.8, 4) is 11.6 Å². The minimum absolute atomic E-state index is 0.00158. The first-order valence-corrected chi connectivity index (χ1v) is 13.2. The van der Waals surface area contributed by atoms with Crippen LogP contribution in [0.5, 0.6) is 11.6 Å². The zero-order valence-corrected chi connectivity index (χ0v) is 23.2. The first-order valence-electron chi connectivity index (χ1n) is 13.2. The second-order valence-corrected chi connectivity index (χ2v) is 10.2. The molecule has 2 aromatic carbocycles. The molecule has 0 unspecified atom stereocenters. The Hall–Kier alpha value is -3.55. The lowest BCUT2D eigenvalue weighted by molar-refractivity contribution is -0.423. The van der Waals surface area contributed by atoms with E-state index in [1.54, 1.807) is 54.1 Å². The molecular formula is C29H35FN2O9. The van der Waals surface area contributed by atoms with Crippen molar-refractivity contribution in [1.29, 1.82) is 0 Å². The molecule has 0 aliphatic carbocycles. The van der Waals surface area contributed by atoms with Gasteiger partial charge in [0.2, 0.25) is 5.88 Å². The summed E-state index contributed by atoms with van der Waals surface area (Å²) in [5.41, 5.74) is 1.98. The number of carbonyl (C=O) groups is 1. The van der Waals surface area contributed by atoms with Gasteiger partial charge in [0.25, 0.3) is 0 Å². The van der Waals surface area contributed by atoms with E-state index >= 15 is 0 Å². The van der Waals surface area contributed by atoms with Crippen LogP contribution in [0, 0.1) is 12.7 Å². The highest BCUT2D eigenvalue weighted by Crippen LogP contribution is 2.35. The summed E-state index contributed by atoms with van der Waals surface area (Å²) in [4.78, 5) is 12.3. The molecule has 3 aromatic rings. The number of esters is 1. The van der Waals surface area contributed by atoms with Crippen LogP contribution >= 0.6 is 0 Å². The molecule has 1 aliphatic rings. The van der Waals surface area contributed by atoms with Crippen LogP contribution in [0.4, 0.5) is 4.39 Å². The summed E-state index contributed by atoms with van der Waals surface area (Å²) >= 11 is 0. The highest BCUT2D eigenvalue weighted by atomic mass is 19.1. The van der Waals surface area contributed by atoms with E-state index in [4.69, 9.17) is 18.9 Å². The van der Waals surface area contributed by atoms with Crippen molar-refractivity contribution in [2.75, 3.05) is 13.7 Å². The summed E-state index contributed by atoms with van der Waals surface area (Å²) in [7, 11) is 1.43. The van der Waals surface area contributed by atoms with Crippen LogP contribution in [0.25, 0.3) is 0 Å². The van der Waals surface area contributed by atoms with Gasteiger partial charge in [0, 0.05) is 29.8 Å². The maximum Gasteiger partial charge on any atom is 0.356 e. The van der Waals surface area contributed by atoms with E-state index in [1.165, 1.54) is 13.2 Å². The molecule has 0 radical (unpaired) electrons. The van der Waals surface area contributed by atoms with Gasteiger partial charge in [0.15, 0.2) is 6.10 Å². The lowest BCUT2D eigenvalue weighted by Crippen LogP contribution is -2.67. The van der Waals surface area contributed by atoms with Crippen LogP contribution in [0.15, 0.2) is 48.5 Å². The van der Waals surface area contributed by atoms with Crippen molar-refractivity contribution in [3.63, 3.8) is 0 Å². The van der Waals surface area contributed by atoms with E-state index in [0.717, 1.165) is 0 Å². The molecule has 5 atom stereocenters. The van der Waals surface area contributed by atoms with Crippen LogP contribution in [-0.4, -0.2) is 80.3 Å².